The lowest BCUT2D eigenvalue weighted by molar-refractivity contribution is 0.287. The molecule has 150 valence electrons. The van der Waals surface area contributed by atoms with Gasteiger partial charge in [0.15, 0.2) is 23.3 Å². The van der Waals surface area contributed by atoms with E-state index in [1.807, 2.05) is 32.0 Å². The molecule has 9 heteroatoms. The van der Waals surface area contributed by atoms with E-state index in [9.17, 15) is 0 Å². The molecule has 0 spiro atoms. The summed E-state index contributed by atoms with van der Waals surface area (Å²) in [6.45, 7) is 8.08. The monoisotopic (exact) mass is 489 g/mol. The summed E-state index contributed by atoms with van der Waals surface area (Å²) < 4.78 is 16.3. The molecule has 2 N–H and O–H groups in total. The predicted molar refractivity (Wildman–Crippen MR) is 115 cm³/mol. The maximum atomic E-state index is 5.66. The van der Waals surface area contributed by atoms with Gasteiger partial charge in [0, 0.05) is 13.6 Å². The van der Waals surface area contributed by atoms with E-state index >= 15 is 0 Å². The molecule has 0 aliphatic heterocycles. The summed E-state index contributed by atoms with van der Waals surface area (Å²) in [5, 5.41) is 10.2. The fourth-order valence-electron chi connectivity index (χ4n) is 2.37. The highest BCUT2D eigenvalue weighted by atomic mass is 127. The summed E-state index contributed by atoms with van der Waals surface area (Å²) in [5.41, 5.74) is 1.16. The van der Waals surface area contributed by atoms with Gasteiger partial charge in [-0.1, -0.05) is 11.2 Å². The van der Waals surface area contributed by atoms with Gasteiger partial charge in [-0.15, -0.1) is 24.0 Å². The van der Waals surface area contributed by atoms with Crippen molar-refractivity contribution in [1.29, 1.82) is 0 Å². The smallest absolute Gasteiger partial charge is 0.246 e. The number of ether oxygens (including phenoxy) is 2. The largest absolute Gasteiger partial charge is 0.490 e. The lowest BCUT2D eigenvalue weighted by Crippen LogP contribution is -2.37. The van der Waals surface area contributed by atoms with E-state index in [2.05, 4.69) is 25.8 Å². The number of benzene rings is 1. The number of aryl methyl sites for hydroxylation is 1. The number of aromatic nitrogens is 2. The Kier molecular flexibility index (Phi) is 10.5. The number of halogens is 1. The minimum atomic E-state index is 0. The van der Waals surface area contributed by atoms with Crippen molar-refractivity contribution in [2.45, 2.75) is 33.7 Å². The number of aliphatic imine (C=N–C) groups is 1. The summed E-state index contributed by atoms with van der Waals surface area (Å²) in [6, 6.07) is 6.02. The maximum Gasteiger partial charge on any atom is 0.246 e. The highest BCUT2D eigenvalue weighted by Crippen LogP contribution is 2.28. The lowest BCUT2D eigenvalue weighted by atomic mass is 10.1. The van der Waals surface area contributed by atoms with Crippen LogP contribution in [-0.2, 0) is 13.0 Å². The molecule has 0 radical (unpaired) electrons. The first-order valence-corrected chi connectivity index (χ1v) is 8.78. The van der Waals surface area contributed by atoms with Crippen LogP contribution < -0.4 is 20.1 Å². The Bertz CT molecular complexity index is 721. The topological polar surface area (TPSA) is 93.8 Å². The van der Waals surface area contributed by atoms with Crippen molar-refractivity contribution in [3.63, 3.8) is 0 Å². The van der Waals surface area contributed by atoms with Crippen molar-refractivity contribution >= 4 is 29.9 Å². The molecule has 27 heavy (non-hydrogen) atoms. The van der Waals surface area contributed by atoms with Crippen LogP contribution in [0.4, 0.5) is 0 Å². The van der Waals surface area contributed by atoms with Crippen LogP contribution in [0, 0.1) is 6.92 Å². The summed E-state index contributed by atoms with van der Waals surface area (Å²) >= 11 is 0. The first-order valence-electron chi connectivity index (χ1n) is 8.78. The summed E-state index contributed by atoms with van der Waals surface area (Å²) in [6.07, 6.45) is 0.826. The highest BCUT2D eigenvalue weighted by molar-refractivity contribution is 14.0. The maximum absolute atomic E-state index is 5.66. The average molecular weight is 489 g/mol. The molecule has 0 fully saturated rings. The van der Waals surface area contributed by atoms with Crippen molar-refractivity contribution in [3.05, 3.63) is 35.5 Å². The Morgan fingerprint density at radius 2 is 1.89 bits per heavy atom. The molecular weight excluding hydrogens is 461 g/mol. The summed E-state index contributed by atoms with van der Waals surface area (Å²) in [5.74, 6) is 3.37. The molecule has 0 aliphatic rings. The molecule has 0 bridgehead atoms. The molecule has 1 aromatic carbocycles. The van der Waals surface area contributed by atoms with Crippen LogP contribution in [0.2, 0.25) is 0 Å². The van der Waals surface area contributed by atoms with Gasteiger partial charge in [-0.25, -0.2) is 0 Å². The molecule has 0 unspecified atom stereocenters. The number of rotatable bonds is 9. The van der Waals surface area contributed by atoms with Crippen LogP contribution in [0.5, 0.6) is 11.5 Å². The highest BCUT2D eigenvalue weighted by Gasteiger charge is 2.07. The third-order valence-corrected chi connectivity index (χ3v) is 3.51. The minimum absolute atomic E-state index is 0. The fraction of sp³-hybridized carbons (Fsp3) is 0.500. The van der Waals surface area contributed by atoms with E-state index in [4.69, 9.17) is 14.0 Å². The Balaban J connectivity index is 0.00000364. The molecule has 1 aromatic heterocycles. The predicted octanol–water partition coefficient (Wildman–Crippen LogP) is 2.70. The standard InChI is InChI=1S/C18H27N5O3.HI/c1-5-24-15-8-7-14(11-16(15)25-6-2)9-10-20-18(19-4)21-12-17-22-13(3)23-26-17;/h7-8,11H,5-6,9-10,12H2,1-4H3,(H2,19,20,21);1H. The minimum Gasteiger partial charge on any atom is -0.490 e. The van der Waals surface area contributed by atoms with E-state index in [-0.39, 0.29) is 24.0 Å². The second-order valence-electron chi connectivity index (χ2n) is 5.48. The third kappa shape index (κ3) is 7.61. The van der Waals surface area contributed by atoms with Gasteiger partial charge in [-0.3, -0.25) is 4.99 Å². The van der Waals surface area contributed by atoms with E-state index < -0.39 is 0 Å². The van der Waals surface area contributed by atoms with Gasteiger partial charge in [0.25, 0.3) is 0 Å². The van der Waals surface area contributed by atoms with E-state index in [1.165, 1.54) is 0 Å². The van der Waals surface area contributed by atoms with E-state index in [0.29, 0.717) is 37.4 Å². The average Bonchev–Trinajstić information content (AvgIpc) is 3.05. The fourth-order valence-corrected chi connectivity index (χ4v) is 2.37. The SMILES string of the molecule is CCOc1ccc(CCNC(=NC)NCc2nc(C)no2)cc1OCC.I. The second kappa shape index (κ2) is 12.4. The molecule has 0 atom stereocenters. The number of nitrogens with one attached hydrogen (secondary N) is 2. The zero-order valence-corrected chi connectivity index (χ0v) is 18.6. The molecule has 0 aliphatic carbocycles. The summed E-state index contributed by atoms with van der Waals surface area (Å²) in [7, 11) is 1.72. The van der Waals surface area contributed by atoms with Crippen molar-refractivity contribution < 1.29 is 14.0 Å². The number of hydrogen-bond acceptors (Lipinski definition) is 6. The zero-order valence-electron chi connectivity index (χ0n) is 16.2. The van der Waals surface area contributed by atoms with Crippen LogP contribution in [0.1, 0.15) is 31.1 Å². The van der Waals surface area contributed by atoms with Gasteiger partial charge < -0.3 is 24.6 Å². The van der Waals surface area contributed by atoms with Crippen molar-refractivity contribution in [2.75, 3.05) is 26.8 Å². The van der Waals surface area contributed by atoms with Gasteiger partial charge in [-0.2, -0.15) is 4.98 Å². The Hall–Kier alpha value is -2.04. The zero-order chi connectivity index (χ0) is 18.8. The Morgan fingerprint density at radius 1 is 1.15 bits per heavy atom. The van der Waals surface area contributed by atoms with Crippen LogP contribution >= 0.6 is 24.0 Å². The van der Waals surface area contributed by atoms with Gasteiger partial charge in [0.2, 0.25) is 5.89 Å². The van der Waals surface area contributed by atoms with Crippen molar-refractivity contribution in [2.24, 2.45) is 4.99 Å². The Labute approximate surface area is 177 Å². The normalized spacial score (nSPS) is 10.9. The van der Waals surface area contributed by atoms with Crippen LogP contribution in [0.25, 0.3) is 0 Å². The van der Waals surface area contributed by atoms with Gasteiger partial charge in [-0.05, 0) is 44.9 Å². The lowest BCUT2D eigenvalue weighted by Gasteiger charge is -2.13. The molecule has 1 heterocycles. The molecule has 2 aromatic rings. The van der Waals surface area contributed by atoms with Crippen molar-refractivity contribution in [3.8, 4) is 11.5 Å². The van der Waals surface area contributed by atoms with E-state index in [1.54, 1.807) is 14.0 Å². The van der Waals surface area contributed by atoms with Crippen LogP contribution in [0.3, 0.4) is 0 Å². The molecule has 0 saturated carbocycles. The van der Waals surface area contributed by atoms with Crippen LogP contribution in [-0.4, -0.2) is 42.9 Å². The quantitative estimate of drug-likeness (QED) is 0.318. The molecular formula is C18H28IN5O3. The van der Waals surface area contributed by atoms with E-state index in [0.717, 1.165) is 30.0 Å². The number of hydrogen-bond donors (Lipinski definition) is 2. The van der Waals surface area contributed by atoms with Gasteiger partial charge in [0.1, 0.15) is 0 Å². The Morgan fingerprint density at radius 3 is 2.52 bits per heavy atom. The first-order chi connectivity index (χ1) is 12.7. The van der Waals surface area contributed by atoms with Gasteiger partial charge in [0.05, 0.1) is 19.8 Å². The third-order valence-electron chi connectivity index (χ3n) is 3.51. The van der Waals surface area contributed by atoms with Crippen LogP contribution in [0.15, 0.2) is 27.7 Å². The molecule has 2 rings (SSSR count). The molecule has 0 saturated heterocycles. The first kappa shape index (κ1) is 23.0. The molecule has 8 nitrogen and oxygen atoms in total. The molecule has 0 amide bonds. The van der Waals surface area contributed by atoms with Gasteiger partial charge >= 0.3 is 0 Å². The second-order valence-corrected chi connectivity index (χ2v) is 5.48. The number of guanidine groups is 1. The number of nitrogens with zero attached hydrogens (tertiary/aromatic N) is 3. The van der Waals surface area contributed by atoms with Crippen molar-refractivity contribution in [1.82, 2.24) is 20.8 Å². The summed E-state index contributed by atoms with van der Waals surface area (Å²) in [4.78, 5) is 8.33.